The number of thiocarbonyl (C=S) groups is 1. The second-order valence-corrected chi connectivity index (χ2v) is 7.81. The molecule has 3 aromatic rings. The highest BCUT2D eigenvalue weighted by Crippen LogP contribution is 2.34. The summed E-state index contributed by atoms with van der Waals surface area (Å²) in [5.41, 5.74) is 5.56. The first kappa shape index (κ1) is 19.2. The van der Waals surface area contributed by atoms with E-state index < -0.39 is 0 Å². The summed E-state index contributed by atoms with van der Waals surface area (Å²) in [4.78, 5) is 12.6. The van der Waals surface area contributed by atoms with Gasteiger partial charge in [-0.25, -0.2) is 4.68 Å². The fraction of sp³-hybridized carbons (Fsp3) is 0.0500. The van der Waals surface area contributed by atoms with Crippen LogP contribution in [-0.2, 0) is 4.79 Å². The average Bonchev–Trinajstić information content (AvgIpc) is 3.31. The topological polar surface area (TPSA) is 88.4 Å². The summed E-state index contributed by atoms with van der Waals surface area (Å²) in [6, 6.07) is 15.0. The molecule has 3 N–H and O–H groups in total. The molecule has 2 heterocycles. The van der Waals surface area contributed by atoms with Gasteiger partial charge in [0.05, 0.1) is 17.7 Å². The summed E-state index contributed by atoms with van der Waals surface area (Å²) in [6.07, 6.45) is 3.61. The van der Waals surface area contributed by atoms with Crippen LogP contribution in [0.3, 0.4) is 0 Å². The molecule has 1 aliphatic heterocycles. The molecule has 0 unspecified atom stereocenters. The van der Waals surface area contributed by atoms with E-state index in [-0.39, 0.29) is 5.91 Å². The van der Waals surface area contributed by atoms with Crippen LogP contribution in [0.15, 0.2) is 59.6 Å². The molecule has 7 nitrogen and oxygen atoms in total. The van der Waals surface area contributed by atoms with Crippen LogP contribution in [0.4, 0.5) is 5.69 Å². The number of para-hydroxylation sites is 1. The average molecular weight is 425 g/mol. The number of nitrogens with zero attached hydrogens (tertiary/aromatic N) is 2. The minimum Gasteiger partial charge on any atom is -0.495 e. The SMILES string of the molecule is COc1ccc(-c2nn(-c3ccccc3)cc2C=C2SC(=S)NC2=O)cc1NO. The van der Waals surface area contributed by atoms with E-state index in [0.29, 0.717) is 26.4 Å². The smallest absolute Gasteiger partial charge is 0.263 e. The molecule has 146 valence electrons. The van der Waals surface area contributed by atoms with E-state index in [9.17, 15) is 10.0 Å². The number of thioether (sulfide) groups is 1. The molecule has 1 amide bonds. The highest BCUT2D eigenvalue weighted by atomic mass is 32.2. The lowest BCUT2D eigenvalue weighted by Crippen LogP contribution is -2.17. The third-order valence-corrected chi connectivity index (χ3v) is 5.45. The molecule has 9 heteroatoms. The number of ether oxygens (including phenoxy) is 1. The summed E-state index contributed by atoms with van der Waals surface area (Å²) in [5, 5.41) is 16.8. The van der Waals surface area contributed by atoms with Crippen LogP contribution < -0.4 is 15.5 Å². The minimum absolute atomic E-state index is 0.231. The van der Waals surface area contributed by atoms with Crippen molar-refractivity contribution in [1.82, 2.24) is 15.1 Å². The number of anilines is 1. The Balaban J connectivity index is 1.86. The zero-order valence-electron chi connectivity index (χ0n) is 15.2. The number of rotatable bonds is 5. The third kappa shape index (κ3) is 3.88. The van der Waals surface area contributed by atoms with Crippen LogP contribution in [0.1, 0.15) is 5.56 Å². The number of methoxy groups -OCH3 is 1. The number of carbonyl (C=O) groups is 1. The first-order valence-electron chi connectivity index (χ1n) is 8.57. The van der Waals surface area contributed by atoms with Gasteiger partial charge < -0.3 is 10.1 Å². The van der Waals surface area contributed by atoms with Crippen LogP contribution in [0.5, 0.6) is 5.75 Å². The molecule has 2 aromatic carbocycles. The number of hydrogen-bond acceptors (Lipinski definition) is 7. The van der Waals surface area contributed by atoms with Crippen LogP contribution in [0.2, 0.25) is 0 Å². The highest BCUT2D eigenvalue weighted by Gasteiger charge is 2.23. The van der Waals surface area contributed by atoms with E-state index in [1.807, 2.05) is 42.6 Å². The summed E-state index contributed by atoms with van der Waals surface area (Å²) >= 11 is 6.29. The van der Waals surface area contributed by atoms with Crippen molar-refractivity contribution in [2.45, 2.75) is 0 Å². The number of aromatic nitrogens is 2. The van der Waals surface area contributed by atoms with Crippen LogP contribution >= 0.6 is 24.0 Å². The van der Waals surface area contributed by atoms with Gasteiger partial charge >= 0.3 is 0 Å². The summed E-state index contributed by atoms with van der Waals surface area (Å²) in [6.45, 7) is 0. The molecule has 0 radical (unpaired) electrons. The molecule has 4 rings (SSSR count). The van der Waals surface area contributed by atoms with E-state index >= 15 is 0 Å². The predicted octanol–water partition coefficient (Wildman–Crippen LogP) is 3.84. The number of hydrogen-bond donors (Lipinski definition) is 3. The maximum absolute atomic E-state index is 12.1. The third-order valence-electron chi connectivity index (χ3n) is 4.29. The molecule has 1 saturated heterocycles. The molecule has 1 fully saturated rings. The molecule has 0 atom stereocenters. The number of carbonyl (C=O) groups excluding carboxylic acids is 1. The van der Waals surface area contributed by atoms with Crippen molar-refractivity contribution in [1.29, 1.82) is 0 Å². The van der Waals surface area contributed by atoms with Gasteiger partial charge in [-0.3, -0.25) is 15.5 Å². The molecule has 0 saturated carbocycles. The van der Waals surface area contributed by atoms with E-state index in [4.69, 9.17) is 22.1 Å². The van der Waals surface area contributed by atoms with Crippen molar-refractivity contribution in [2.75, 3.05) is 12.6 Å². The van der Waals surface area contributed by atoms with Crippen LogP contribution in [0.25, 0.3) is 23.0 Å². The zero-order valence-corrected chi connectivity index (χ0v) is 16.9. The Morgan fingerprint density at radius 2 is 2.07 bits per heavy atom. The van der Waals surface area contributed by atoms with Crippen LogP contribution in [0, 0.1) is 0 Å². The van der Waals surface area contributed by atoms with Crippen molar-refractivity contribution in [3.63, 3.8) is 0 Å². The maximum Gasteiger partial charge on any atom is 0.263 e. The molecule has 0 aliphatic carbocycles. The van der Waals surface area contributed by atoms with Crippen molar-refractivity contribution in [3.05, 3.63) is 65.2 Å². The highest BCUT2D eigenvalue weighted by molar-refractivity contribution is 8.26. The van der Waals surface area contributed by atoms with Crippen molar-refractivity contribution in [2.24, 2.45) is 0 Å². The van der Waals surface area contributed by atoms with Gasteiger partial charge in [0.15, 0.2) is 0 Å². The van der Waals surface area contributed by atoms with Gasteiger partial charge in [0.2, 0.25) is 0 Å². The van der Waals surface area contributed by atoms with Gasteiger partial charge in [0.25, 0.3) is 5.91 Å². The largest absolute Gasteiger partial charge is 0.495 e. The summed E-state index contributed by atoms with van der Waals surface area (Å²) in [7, 11) is 1.52. The normalized spacial score (nSPS) is 14.9. The monoisotopic (exact) mass is 424 g/mol. The fourth-order valence-electron chi connectivity index (χ4n) is 2.94. The van der Waals surface area contributed by atoms with Crippen molar-refractivity contribution < 1.29 is 14.7 Å². The molecule has 1 aromatic heterocycles. The molecule has 0 spiro atoms. The zero-order chi connectivity index (χ0) is 20.4. The minimum atomic E-state index is -0.231. The Morgan fingerprint density at radius 3 is 2.72 bits per heavy atom. The second-order valence-electron chi connectivity index (χ2n) is 6.09. The van der Waals surface area contributed by atoms with Crippen molar-refractivity contribution >= 4 is 46.0 Å². The number of nitrogens with one attached hydrogen (secondary N) is 2. The number of benzene rings is 2. The lowest BCUT2D eigenvalue weighted by atomic mass is 10.1. The quantitative estimate of drug-likeness (QED) is 0.326. The second kappa shape index (κ2) is 8.08. The van der Waals surface area contributed by atoms with Gasteiger partial charge in [-0.2, -0.15) is 5.10 Å². The van der Waals surface area contributed by atoms with E-state index in [1.165, 1.54) is 18.9 Å². The fourth-order valence-corrected chi connectivity index (χ4v) is 3.97. The van der Waals surface area contributed by atoms with Gasteiger partial charge in [-0.15, -0.1) is 0 Å². The molecule has 29 heavy (non-hydrogen) atoms. The first-order valence-corrected chi connectivity index (χ1v) is 9.80. The first-order chi connectivity index (χ1) is 14.1. The summed E-state index contributed by atoms with van der Waals surface area (Å²) < 4.78 is 7.40. The molecule has 0 bridgehead atoms. The Morgan fingerprint density at radius 1 is 1.28 bits per heavy atom. The van der Waals surface area contributed by atoms with E-state index in [0.717, 1.165) is 16.8 Å². The van der Waals surface area contributed by atoms with Crippen molar-refractivity contribution in [3.8, 4) is 22.7 Å². The van der Waals surface area contributed by atoms with E-state index in [1.54, 1.807) is 22.9 Å². The Kier molecular flexibility index (Phi) is 5.34. The molecular weight excluding hydrogens is 408 g/mol. The van der Waals surface area contributed by atoms with Gasteiger partial charge in [0, 0.05) is 17.3 Å². The Hall–Kier alpha value is -3.14. The lowest BCUT2D eigenvalue weighted by molar-refractivity contribution is -0.115. The maximum atomic E-state index is 12.1. The Bertz CT molecular complexity index is 1130. The van der Waals surface area contributed by atoms with Gasteiger partial charge in [-0.05, 0) is 36.4 Å². The predicted molar refractivity (Wildman–Crippen MR) is 117 cm³/mol. The summed E-state index contributed by atoms with van der Waals surface area (Å²) in [5.74, 6) is 0.264. The Labute approximate surface area is 176 Å². The van der Waals surface area contributed by atoms with Gasteiger partial charge in [-0.1, -0.05) is 42.2 Å². The van der Waals surface area contributed by atoms with Crippen LogP contribution in [-0.4, -0.2) is 32.3 Å². The van der Waals surface area contributed by atoms with Gasteiger partial charge in [0.1, 0.15) is 21.5 Å². The lowest BCUT2D eigenvalue weighted by Gasteiger charge is -2.09. The standard InChI is InChI=1S/C20H16N4O3S2/c1-27-16-8-7-12(9-15(16)23-26)18-13(10-17-19(25)21-20(28)29-17)11-24(22-18)14-5-3-2-4-6-14/h2-11,23,26H,1H3,(H,21,25,28). The molecular formula is C20H16N4O3S2. The van der Waals surface area contributed by atoms with E-state index in [2.05, 4.69) is 10.8 Å². The number of amides is 1. The molecule has 1 aliphatic rings.